The van der Waals surface area contributed by atoms with Crippen molar-refractivity contribution in [1.82, 2.24) is 0 Å². The second kappa shape index (κ2) is 4.66. The lowest BCUT2D eigenvalue weighted by atomic mass is 10.5. The molecule has 1 aliphatic heterocycles. The molecule has 0 aromatic carbocycles. The van der Waals surface area contributed by atoms with Crippen LogP contribution in [0.5, 0.6) is 0 Å². The van der Waals surface area contributed by atoms with Gasteiger partial charge in [-0.05, 0) is 12.8 Å². The fraction of sp³-hybridized carbons (Fsp3) is 0.636. The molecule has 1 aliphatic rings. The fourth-order valence-electron chi connectivity index (χ4n) is 2.12. The van der Waals surface area contributed by atoms with Crippen LogP contribution in [0, 0.1) is 0 Å². The molecule has 0 saturated carbocycles. The molecule has 1 saturated heterocycles. The van der Waals surface area contributed by atoms with E-state index in [1.54, 1.807) is 12.1 Å². The van der Waals surface area contributed by atoms with E-state index in [9.17, 15) is 0 Å². The molecule has 0 aliphatic carbocycles. The average molecular weight is 180 g/mol. The number of hydrogen-bond donors (Lipinski definition) is 0. The van der Waals surface area contributed by atoms with Crippen molar-refractivity contribution in [3.63, 3.8) is 0 Å². The van der Waals surface area contributed by atoms with Gasteiger partial charge in [0.05, 0.1) is 8.07 Å². The van der Waals surface area contributed by atoms with Gasteiger partial charge in [0, 0.05) is 0 Å². The Morgan fingerprint density at radius 1 is 1.00 bits per heavy atom. The van der Waals surface area contributed by atoms with Crippen molar-refractivity contribution in [2.45, 2.75) is 43.4 Å². The summed E-state index contributed by atoms with van der Waals surface area (Å²) in [7, 11) is -0.727. The van der Waals surface area contributed by atoms with Gasteiger partial charge >= 0.3 is 0 Å². The first-order valence-electron chi connectivity index (χ1n) is 5.05. The number of hydrogen-bond acceptors (Lipinski definition) is 0. The highest BCUT2D eigenvalue weighted by molar-refractivity contribution is 6.82. The zero-order valence-electron chi connectivity index (χ0n) is 8.02. The van der Waals surface area contributed by atoms with E-state index in [4.69, 9.17) is 0 Å². The minimum absolute atomic E-state index is 0.727. The van der Waals surface area contributed by atoms with Gasteiger partial charge in [-0.2, -0.15) is 0 Å². The highest BCUT2D eigenvalue weighted by atomic mass is 28.3. The Morgan fingerprint density at radius 3 is 1.75 bits per heavy atom. The molecule has 68 valence electrons. The van der Waals surface area contributed by atoms with Crippen LogP contribution in [0.1, 0.15) is 19.3 Å². The van der Waals surface area contributed by atoms with Crippen LogP contribution in [0.3, 0.4) is 0 Å². The van der Waals surface area contributed by atoms with E-state index >= 15 is 0 Å². The molecule has 1 fully saturated rings. The van der Waals surface area contributed by atoms with Crippen LogP contribution in [0.25, 0.3) is 0 Å². The Labute approximate surface area is 77.4 Å². The molecule has 1 heterocycles. The molecule has 0 aromatic rings. The van der Waals surface area contributed by atoms with Crippen molar-refractivity contribution in [3.8, 4) is 0 Å². The van der Waals surface area contributed by atoms with E-state index in [0.29, 0.717) is 0 Å². The van der Waals surface area contributed by atoms with Crippen molar-refractivity contribution >= 4 is 8.07 Å². The first-order valence-corrected chi connectivity index (χ1v) is 7.88. The molecular weight excluding hydrogens is 160 g/mol. The first kappa shape index (κ1) is 9.78. The maximum atomic E-state index is 3.80. The summed E-state index contributed by atoms with van der Waals surface area (Å²) in [5.41, 5.74) is 0. The fourth-order valence-corrected chi connectivity index (χ4v) is 6.35. The van der Waals surface area contributed by atoms with Crippen molar-refractivity contribution in [2.24, 2.45) is 0 Å². The van der Waals surface area contributed by atoms with E-state index in [1.807, 2.05) is 0 Å². The summed E-state index contributed by atoms with van der Waals surface area (Å²) < 4.78 is 0. The van der Waals surface area contributed by atoms with Crippen molar-refractivity contribution in [2.75, 3.05) is 0 Å². The van der Waals surface area contributed by atoms with Crippen LogP contribution in [0.2, 0.25) is 24.2 Å². The maximum Gasteiger partial charge on any atom is 0.0541 e. The van der Waals surface area contributed by atoms with Crippen LogP contribution in [-0.2, 0) is 0 Å². The predicted octanol–water partition coefficient (Wildman–Crippen LogP) is 3.99. The van der Waals surface area contributed by atoms with Gasteiger partial charge in [0.15, 0.2) is 0 Å². The zero-order chi connectivity index (χ0) is 8.86. The van der Waals surface area contributed by atoms with Gasteiger partial charge < -0.3 is 0 Å². The van der Waals surface area contributed by atoms with Crippen molar-refractivity contribution in [3.05, 3.63) is 25.3 Å². The molecular formula is C11H20Si. The Morgan fingerprint density at radius 2 is 1.50 bits per heavy atom. The van der Waals surface area contributed by atoms with Gasteiger partial charge in [-0.3, -0.25) is 0 Å². The smallest absolute Gasteiger partial charge is 0.0541 e. The molecule has 1 rings (SSSR count). The van der Waals surface area contributed by atoms with Gasteiger partial charge in [0.1, 0.15) is 0 Å². The maximum absolute atomic E-state index is 3.80. The molecule has 0 nitrogen and oxygen atoms in total. The molecule has 1 heteroatoms. The standard InChI is InChI=1S/C11H20Si/c1-3-5-8-12(9-6-4-2)10-7-11-12/h3-4H,1-2,5-11H2. The van der Waals surface area contributed by atoms with Gasteiger partial charge in [-0.15, -0.1) is 13.2 Å². The third kappa shape index (κ3) is 2.34. The third-order valence-electron chi connectivity index (χ3n) is 3.17. The molecule has 0 atom stereocenters. The lowest BCUT2D eigenvalue weighted by Crippen LogP contribution is -2.40. The molecule has 0 N–H and O–H groups in total. The SMILES string of the molecule is C=CCC[Si]1(CCC=C)CCC1. The molecule has 0 unspecified atom stereocenters. The minimum Gasteiger partial charge on any atom is -0.103 e. The summed E-state index contributed by atoms with van der Waals surface area (Å²) in [4.78, 5) is 0. The van der Waals surface area contributed by atoms with Gasteiger partial charge in [0.25, 0.3) is 0 Å². The zero-order valence-corrected chi connectivity index (χ0v) is 9.02. The number of rotatable bonds is 6. The summed E-state index contributed by atoms with van der Waals surface area (Å²) in [5, 5.41) is 0. The Balaban J connectivity index is 2.28. The molecule has 0 aromatic heterocycles. The summed E-state index contributed by atoms with van der Waals surface area (Å²) >= 11 is 0. The van der Waals surface area contributed by atoms with E-state index in [2.05, 4.69) is 25.3 Å². The normalized spacial score (nSPS) is 19.7. The van der Waals surface area contributed by atoms with Gasteiger partial charge in [-0.1, -0.05) is 42.7 Å². The molecule has 12 heavy (non-hydrogen) atoms. The monoisotopic (exact) mass is 180 g/mol. The number of allylic oxidation sites excluding steroid dienone is 2. The highest BCUT2D eigenvalue weighted by Crippen LogP contribution is 2.40. The van der Waals surface area contributed by atoms with Gasteiger partial charge in [-0.25, -0.2) is 0 Å². The minimum atomic E-state index is -0.727. The second-order valence-corrected chi connectivity index (χ2v) is 9.01. The largest absolute Gasteiger partial charge is 0.103 e. The predicted molar refractivity (Wildman–Crippen MR) is 59.2 cm³/mol. The van der Waals surface area contributed by atoms with Crippen LogP contribution in [-0.4, -0.2) is 8.07 Å². The second-order valence-electron chi connectivity index (χ2n) is 4.01. The van der Waals surface area contributed by atoms with Crippen LogP contribution in [0.4, 0.5) is 0 Å². The third-order valence-corrected chi connectivity index (χ3v) is 8.70. The summed E-state index contributed by atoms with van der Waals surface area (Å²) in [6, 6.07) is 6.14. The van der Waals surface area contributed by atoms with Crippen LogP contribution >= 0.6 is 0 Å². The van der Waals surface area contributed by atoms with Crippen molar-refractivity contribution in [1.29, 1.82) is 0 Å². The van der Waals surface area contributed by atoms with Crippen LogP contribution in [0.15, 0.2) is 25.3 Å². The molecule has 0 amide bonds. The first-order chi connectivity index (χ1) is 5.83. The molecule has 0 spiro atoms. The Kier molecular flexibility index (Phi) is 3.80. The lowest BCUT2D eigenvalue weighted by molar-refractivity contribution is 0.837. The molecule has 0 radical (unpaired) electrons. The van der Waals surface area contributed by atoms with Crippen molar-refractivity contribution < 1.29 is 0 Å². The summed E-state index contributed by atoms with van der Waals surface area (Å²) in [6.07, 6.45) is 8.18. The summed E-state index contributed by atoms with van der Waals surface area (Å²) in [6.45, 7) is 7.61. The quantitative estimate of drug-likeness (QED) is 0.428. The lowest BCUT2D eigenvalue weighted by Gasteiger charge is -2.40. The highest BCUT2D eigenvalue weighted by Gasteiger charge is 2.37. The van der Waals surface area contributed by atoms with E-state index in [-0.39, 0.29) is 0 Å². The topological polar surface area (TPSA) is 0 Å². The van der Waals surface area contributed by atoms with E-state index in [1.165, 1.54) is 31.4 Å². The van der Waals surface area contributed by atoms with E-state index in [0.717, 1.165) is 0 Å². The Bertz CT molecular complexity index is 142. The average Bonchev–Trinajstić information content (AvgIpc) is 2.02. The molecule has 0 bridgehead atoms. The van der Waals surface area contributed by atoms with E-state index < -0.39 is 8.07 Å². The summed E-state index contributed by atoms with van der Waals surface area (Å²) in [5.74, 6) is 0. The van der Waals surface area contributed by atoms with Gasteiger partial charge in [0.2, 0.25) is 0 Å². The Hall–Kier alpha value is -0.303. The van der Waals surface area contributed by atoms with Crippen LogP contribution < -0.4 is 0 Å².